The average molecular weight is 555 g/mol. The number of hydroxylamine groups is 2. The Bertz CT molecular complexity index is 1020. The molecule has 0 bridgehead atoms. The van der Waals surface area contributed by atoms with E-state index in [0.717, 1.165) is 49.2 Å². The Morgan fingerprint density at radius 2 is 2.05 bits per heavy atom. The molecule has 4 rings (SSSR count). The van der Waals surface area contributed by atoms with Gasteiger partial charge in [0, 0.05) is 19.6 Å². The van der Waals surface area contributed by atoms with E-state index < -0.39 is 23.9 Å². The molecule has 2 amide bonds. The van der Waals surface area contributed by atoms with Gasteiger partial charge in [0.2, 0.25) is 23.4 Å². The van der Waals surface area contributed by atoms with Crippen LogP contribution in [-0.4, -0.2) is 46.8 Å². The average Bonchev–Trinajstić information content (AvgIpc) is 3.62. The van der Waals surface area contributed by atoms with Crippen LogP contribution in [0.3, 0.4) is 0 Å². The van der Waals surface area contributed by atoms with Crippen molar-refractivity contribution in [2.24, 2.45) is 11.8 Å². The van der Waals surface area contributed by atoms with Crippen molar-refractivity contribution in [1.29, 1.82) is 0 Å². The molecule has 3 N–H and O–H groups in total. The first-order valence-electron chi connectivity index (χ1n) is 12.6. The molecular weight excluding hydrogens is 523 g/mol. The number of anilines is 2. The van der Waals surface area contributed by atoms with E-state index in [9.17, 15) is 9.59 Å². The number of hydrogen-bond acceptors (Lipinski definition) is 9. The molecule has 1 aliphatic heterocycles. The highest BCUT2D eigenvalue weighted by atomic mass is 35.5. The van der Waals surface area contributed by atoms with Gasteiger partial charge in [-0.25, -0.2) is 9.90 Å². The zero-order chi connectivity index (χ0) is 26.0. The smallest absolute Gasteiger partial charge is 0.243 e. The SMILES string of the molecule is O=CN(C[C@@H](CC1CCCC1)C(=O)NNc1nc(Cl)nc(NCc2ccsc2)c1F)OC1CCCCO1. The van der Waals surface area contributed by atoms with Gasteiger partial charge in [-0.1, -0.05) is 25.7 Å². The van der Waals surface area contributed by atoms with Gasteiger partial charge in [-0.05, 0) is 59.2 Å². The first kappa shape index (κ1) is 27.5. The lowest BCUT2D eigenvalue weighted by Crippen LogP contribution is -2.43. The molecular formula is C24H32ClFN6O4S. The number of rotatable bonds is 13. The van der Waals surface area contributed by atoms with Gasteiger partial charge < -0.3 is 10.1 Å². The van der Waals surface area contributed by atoms with E-state index in [4.69, 9.17) is 21.2 Å². The zero-order valence-corrected chi connectivity index (χ0v) is 22.0. The van der Waals surface area contributed by atoms with Crippen molar-refractivity contribution in [1.82, 2.24) is 20.5 Å². The fourth-order valence-electron chi connectivity index (χ4n) is 4.61. The Balaban J connectivity index is 1.39. The van der Waals surface area contributed by atoms with E-state index in [0.29, 0.717) is 38.3 Å². The Morgan fingerprint density at radius 3 is 2.76 bits per heavy atom. The topological polar surface area (TPSA) is 118 Å². The van der Waals surface area contributed by atoms with Crippen LogP contribution in [0.2, 0.25) is 5.28 Å². The van der Waals surface area contributed by atoms with E-state index in [-0.39, 0.29) is 23.5 Å². The maximum absolute atomic E-state index is 15.0. The summed E-state index contributed by atoms with van der Waals surface area (Å²) in [5, 5.41) is 7.70. The summed E-state index contributed by atoms with van der Waals surface area (Å²) in [6.45, 7) is 0.980. The summed E-state index contributed by atoms with van der Waals surface area (Å²) in [6.07, 6.45) is 7.51. The third-order valence-corrected chi connectivity index (χ3v) is 7.44. The minimum absolute atomic E-state index is 0.0494. The number of halogens is 2. The fraction of sp³-hybridized carbons (Fsp3) is 0.583. The number of ether oxygens (including phenoxy) is 1. The van der Waals surface area contributed by atoms with Gasteiger partial charge in [0.25, 0.3) is 0 Å². The van der Waals surface area contributed by atoms with E-state index in [2.05, 4.69) is 26.1 Å². The van der Waals surface area contributed by atoms with Crippen LogP contribution in [0.25, 0.3) is 0 Å². The van der Waals surface area contributed by atoms with E-state index >= 15 is 4.39 Å². The molecule has 1 aliphatic carbocycles. The van der Waals surface area contributed by atoms with Crippen LogP contribution in [0.4, 0.5) is 16.0 Å². The van der Waals surface area contributed by atoms with Crippen LogP contribution in [0.5, 0.6) is 0 Å². The van der Waals surface area contributed by atoms with Gasteiger partial charge in [-0.2, -0.15) is 25.7 Å². The predicted molar refractivity (Wildman–Crippen MR) is 138 cm³/mol. The summed E-state index contributed by atoms with van der Waals surface area (Å²) in [7, 11) is 0. The number of nitrogens with one attached hydrogen (secondary N) is 3. The van der Waals surface area contributed by atoms with Gasteiger partial charge in [0.05, 0.1) is 12.5 Å². The van der Waals surface area contributed by atoms with Crippen molar-refractivity contribution in [3.05, 3.63) is 33.5 Å². The van der Waals surface area contributed by atoms with Crippen LogP contribution in [-0.2, 0) is 25.7 Å². The summed E-state index contributed by atoms with van der Waals surface area (Å²) in [5.41, 5.74) is 6.05. The molecule has 1 saturated heterocycles. The Morgan fingerprint density at radius 1 is 1.27 bits per heavy atom. The summed E-state index contributed by atoms with van der Waals surface area (Å²) in [6, 6.07) is 1.91. The standard InChI is InChI=1S/C24H32ClFN6O4S/c25-24-28-21(27-12-17-8-10-37-14-17)20(26)22(29-24)30-31-23(34)18(11-16-5-1-2-6-16)13-32(15-33)36-19-7-3-4-9-35-19/h8,10,14-16,18-19H,1-7,9,11-13H2,(H,31,34)(H2,27,28,29,30)/t18-,19?/m1/s1. The number of thiophene rings is 1. The van der Waals surface area contributed by atoms with Crippen LogP contribution in [0.15, 0.2) is 16.8 Å². The quantitative estimate of drug-likeness (QED) is 0.188. The van der Waals surface area contributed by atoms with Gasteiger partial charge >= 0.3 is 0 Å². The zero-order valence-electron chi connectivity index (χ0n) is 20.5. The fourth-order valence-corrected chi connectivity index (χ4v) is 5.45. The Labute approximate surface area is 224 Å². The van der Waals surface area contributed by atoms with Crippen molar-refractivity contribution in [3.8, 4) is 0 Å². The molecule has 10 nitrogen and oxygen atoms in total. The highest BCUT2D eigenvalue weighted by Crippen LogP contribution is 2.31. The van der Waals surface area contributed by atoms with Crippen LogP contribution in [0.1, 0.15) is 56.9 Å². The summed E-state index contributed by atoms with van der Waals surface area (Å²) in [5.74, 6) is -1.75. The highest BCUT2D eigenvalue weighted by Gasteiger charge is 2.29. The number of carbonyl (C=O) groups excluding carboxylic acids is 2. The molecule has 2 atom stereocenters. The molecule has 0 radical (unpaired) electrons. The van der Waals surface area contributed by atoms with Crippen molar-refractivity contribution in [2.75, 3.05) is 23.9 Å². The summed E-state index contributed by atoms with van der Waals surface area (Å²) in [4.78, 5) is 38.4. The molecule has 0 spiro atoms. The molecule has 2 fully saturated rings. The third-order valence-electron chi connectivity index (χ3n) is 6.54. The third kappa shape index (κ3) is 8.22. The number of hydrogen-bond donors (Lipinski definition) is 3. The molecule has 3 heterocycles. The Hall–Kier alpha value is -2.54. The molecule has 2 aromatic heterocycles. The van der Waals surface area contributed by atoms with E-state index in [1.54, 1.807) is 0 Å². The van der Waals surface area contributed by atoms with E-state index in [1.165, 1.54) is 11.3 Å². The molecule has 1 saturated carbocycles. The number of hydrazine groups is 1. The first-order valence-corrected chi connectivity index (χ1v) is 13.9. The van der Waals surface area contributed by atoms with Crippen LogP contribution >= 0.6 is 22.9 Å². The highest BCUT2D eigenvalue weighted by molar-refractivity contribution is 7.07. The minimum atomic E-state index is -0.778. The molecule has 202 valence electrons. The lowest BCUT2D eigenvalue weighted by Gasteiger charge is -2.29. The summed E-state index contributed by atoms with van der Waals surface area (Å²) < 4.78 is 20.6. The van der Waals surface area contributed by atoms with Crippen molar-refractivity contribution < 1.29 is 23.6 Å². The number of nitrogens with zero attached hydrogens (tertiary/aromatic N) is 3. The van der Waals surface area contributed by atoms with Crippen molar-refractivity contribution in [3.63, 3.8) is 0 Å². The largest absolute Gasteiger partial charge is 0.363 e. The second-order valence-electron chi connectivity index (χ2n) is 9.29. The normalized spacial score (nSPS) is 18.8. The van der Waals surface area contributed by atoms with Crippen LogP contribution in [0, 0.1) is 17.7 Å². The van der Waals surface area contributed by atoms with E-state index in [1.807, 2.05) is 16.8 Å². The maximum Gasteiger partial charge on any atom is 0.243 e. The molecule has 2 aromatic rings. The monoisotopic (exact) mass is 554 g/mol. The lowest BCUT2D eigenvalue weighted by molar-refractivity contribution is -0.276. The van der Waals surface area contributed by atoms with Gasteiger partial charge in [-0.15, -0.1) is 0 Å². The second-order valence-corrected chi connectivity index (χ2v) is 10.4. The molecule has 1 unspecified atom stereocenters. The predicted octanol–water partition coefficient (Wildman–Crippen LogP) is 4.50. The second kappa shape index (κ2) is 13.8. The van der Waals surface area contributed by atoms with Crippen molar-refractivity contribution >= 4 is 46.9 Å². The summed E-state index contributed by atoms with van der Waals surface area (Å²) >= 11 is 7.53. The number of aromatic nitrogens is 2. The molecule has 0 aromatic carbocycles. The van der Waals surface area contributed by atoms with Gasteiger partial charge in [-0.3, -0.25) is 20.4 Å². The first-order chi connectivity index (χ1) is 18.0. The molecule has 13 heteroatoms. The minimum Gasteiger partial charge on any atom is -0.363 e. The van der Waals surface area contributed by atoms with Crippen molar-refractivity contribution in [2.45, 2.75) is 64.2 Å². The maximum atomic E-state index is 15.0. The van der Waals surface area contributed by atoms with Crippen LogP contribution < -0.4 is 16.2 Å². The number of amides is 2. The Kier molecular flexibility index (Phi) is 10.3. The molecule has 37 heavy (non-hydrogen) atoms. The lowest BCUT2D eigenvalue weighted by atomic mass is 9.92. The number of carbonyl (C=O) groups is 2. The van der Waals surface area contributed by atoms with Gasteiger partial charge in [0.15, 0.2) is 17.9 Å². The van der Waals surface area contributed by atoms with Gasteiger partial charge in [0.1, 0.15) is 0 Å². The molecule has 2 aliphatic rings.